The van der Waals surface area contributed by atoms with Gasteiger partial charge in [-0.2, -0.15) is 12.7 Å². The monoisotopic (exact) mass is 536 g/mol. The summed E-state index contributed by atoms with van der Waals surface area (Å²) in [4.78, 5) is 28.4. The third-order valence-electron chi connectivity index (χ3n) is 5.74. The second-order valence-electron chi connectivity index (χ2n) is 9.32. The minimum absolute atomic E-state index is 0.111. The van der Waals surface area contributed by atoms with Gasteiger partial charge >= 0.3 is 10.2 Å². The van der Waals surface area contributed by atoms with Crippen molar-refractivity contribution in [2.45, 2.75) is 59.7 Å². The molecule has 0 unspecified atom stereocenters. The molecule has 0 spiro atoms. The zero-order valence-electron chi connectivity index (χ0n) is 22.1. The molecule has 0 fully saturated rings. The van der Waals surface area contributed by atoms with E-state index in [1.54, 1.807) is 37.3 Å². The van der Waals surface area contributed by atoms with E-state index in [4.69, 9.17) is 11.6 Å². The van der Waals surface area contributed by atoms with Crippen LogP contribution in [-0.2, 0) is 26.3 Å². The molecule has 0 saturated heterocycles. The van der Waals surface area contributed by atoms with Gasteiger partial charge in [0, 0.05) is 31.7 Å². The molecular weight excluding hydrogens is 500 g/mol. The summed E-state index contributed by atoms with van der Waals surface area (Å²) >= 11 is 6.03. The number of halogens is 1. The molecule has 0 aliphatic carbocycles. The van der Waals surface area contributed by atoms with Crippen molar-refractivity contribution >= 4 is 39.3 Å². The number of hydrogen-bond acceptors (Lipinski definition) is 4. The molecule has 8 nitrogen and oxygen atoms in total. The predicted octanol–water partition coefficient (Wildman–Crippen LogP) is 3.90. The summed E-state index contributed by atoms with van der Waals surface area (Å²) in [7, 11) is -1.16. The van der Waals surface area contributed by atoms with Gasteiger partial charge in [-0.1, -0.05) is 42.8 Å². The summed E-state index contributed by atoms with van der Waals surface area (Å²) in [5, 5.41) is 3.44. The molecule has 0 bridgehead atoms. The normalized spacial score (nSPS) is 12.5. The lowest BCUT2D eigenvalue weighted by Crippen LogP contribution is -2.54. The third kappa shape index (κ3) is 7.44. The van der Waals surface area contributed by atoms with Gasteiger partial charge in [-0.25, -0.2) is 4.31 Å². The Hall–Kier alpha value is -2.62. The van der Waals surface area contributed by atoms with E-state index in [0.717, 1.165) is 19.7 Å². The van der Waals surface area contributed by atoms with Crippen LogP contribution in [0, 0.1) is 13.8 Å². The number of benzene rings is 2. The summed E-state index contributed by atoms with van der Waals surface area (Å²) in [6, 6.07) is 11.6. The first-order chi connectivity index (χ1) is 16.8. The molecule has 0 radical (unpaired) electrons. The Bertz CT molecular complexity index is 1170. The highest BCUT2D eigenvalue weighted by Crippen LogP contribution is 2.26. The van der Waals surface area contributed by atoms with Crippen LogP contribution in [0.1, 0.15) is 43.9 Å². The zero-order valence-corrected chi connectivity index (χ0v) is 23.7. The van der Waals surface area contributed by atoms with Crippen LogP contribution in [-0.4, -0.2) is 62.2 Å². The average molecular weight is 537 g/mol. The maximum absolute atomic E-state index is 13.8. The molecule has 2 amide bonds. The van der Waals surface area contributed by atoms with Crippen LogP contribution < -0.4 is 9.62 Å². The minimum Gasteiger partial charge on any atom is -0.352 e. The number of carbonyl (C=O) groups excluding carboxylic acids is 2. The highest BCUT2D eigenvalue weighted by atomic mass is 35.5. The number of carbonyl (C=O) groups is 2. The van der Waals surface area contributed by atoms with E-state index >= 15 is 0 Å². The van der Waals surface area contributed by atoms with Gasteiger partial charge in [0.05, 0.1) is 5.69 Å². The van der Waals surface area contributed by atoms with Crippen molar-refractivity contribution in [2.75, 3.05) is 24.9 Å². The van der Waals surface area contributed by atoms with Crippen molar-refractivity contribution in [3.63, 3.8) is 0 Å². The van der Waals surface area contributed by atoms with Crippen LogP contribution in [0.25, 0.3) is 0 Å². The molecule has 2 aromatic carbocycles. The molecule has 2 aromatic rings. The largest absolute Gasteiger partial charge is 0.352 e. The molecule has 0 aliphatic rings. The molecule has 0 aliphatic heterocycles. The molecular formula is C26H37ClN4O4S. The van der Waals surface area contributed by atoms with Crippen LogP contribution in [0.2, 0.25) is 5.02 Å². The summed E-state index contributed by atoms with van der Waals surface area (Å²) in [6.45, 7) is 8.86. The smallest absolute Gasteiger partial charge is 0.304 e. The van der Waals surface area contributed by atoms with Crippen LogP contribution in [0.15, 0.2) is 42.5 Å². The van der Waals surface area contributed by atoms with E-state index in [-0.39, 0.29) is 18.5 Å². The predicted molar refractivity (Wildman–Crippen MR) is 145 cm³/mol. The summed E-state index contributed by atoms with van der Waals surface area (Å²) < 4.78 is 28.9. The van der Waals surface area contributed by atoms with Crippen LogP contribution in [0.4, 0.5) is 5.69 Å². The van der Waals surface area contributed by atoms with Gasteiger partial charge in [0.2, 0.25) is 11.8 Å². The fraction of sp³-hybridized carbons (Fsp3) is 0.462. The number of rotatable bonds is 11. The Morgan fingerprint density at radius 2 is 1.64 bits per heavy atom. The first-order valence-corrected chi connectivity index (χ1v) is 13.7. The van der Waals surface area contributed by atoms with E-state index in [2.05, 4.69) is 5.32 Å². The lowest BCUT2D eigenvalue weighted by Gasteiger charge is -2.34. The number of hydrogen-bond donors (Lipinski definition) is 1. The van der Waals surface area contributed by atoms with Gasteiger partial charge in [0.1, 0.15) is 12.6 Å². The van der Waals surface area contributed by atoms with E-state index in [1.807, 2.05) is 39.8 Å². The quantitative estimate of drug-likeness (QED) is 0.471. The van der Waals surface area contributed by atoms with Gasteiger partial charge in [-0.15, -0.1) is 0 Å². The van der Waals surface area contributed by atoms with E-state index in [9.17, 15) is 18.0 Å². The molecule has 1 N–H and O–H groups in total. The maximum Gasteiger partial charge on any atom is 0.304 e. The Labute approximate surface area is 220 Å². The summed E-state index contributed by atoms with van der Waals surface area (Å²) in [6.07, 6.45) is 0.363. The number of amides is 2. The van der Waals surface area contributed by atoms with Gasteiger partial charge in [-0.3, -0.25) is 9.59 Å². The van der Waals surface area contributed by atoms with Gasteiger partial charge < -0.3 is 10.2 Å². The zero-order chi connectivity index (χ0) is 27.2. The molecule has 1 atom stereocenters. The van der Waals surface area contributed by atoms with Crippen molar-refractivity contribution in [2.24, 2.45) is 0 Å². The van der Waals surface area contributed by atoms with Crippen molar-refractivity contribution in [3.8, 4) is 0 Å². The first kappa shape index (κ1) is 29.6. The highest BCUT2D eigenvalue weighted by molar-refractivity contribution is 7.90. The third-order valence-corrected chi connectivity index (χ3v) is 7.79. The molecule has 10 heteroatoms. The number of anilines is 1. The standard InChI is InChI=1S/C26H37ClN4O4S/c1-8-23(26(33)28-18(2)3)30(16-21-11-13-22(27)14-12-21)25(32)17-31(36(34,35)29(6)7)24-15-19(4)9-10-20(24)5/h9-15,18,23H,8,16-17H2,1-7H3,(H,28,33)/t23-/m1/s1. The topological polar surface area (TPSA) is 90.0 Å². The molecule has 2 rings (SSSR count). The SMILES string of the molecule is CC[C@H](C(=O)NC(C)C)N(Cc1ccc(Cl)cc1)C(=O)CN(c1cc(C)ccc1C)S(=O)(=O)N(C)C. The van der Waals surface area contributed by atoms with Crippen molar-refractivity contribution < 1.29 is 18.0 Å². The fourth-order valence-electron chi connectivity index (χ4n) is 3.78. The number of nitrogens with one attached hydrogen (secondary N) is 1. The van der Waals surface area contributed by atoms with E-state index in [1.165, 1.54) is 19.0 Å². The van der Waals surface area contributed by atoms with Crippen LogP contribution in [0.5, 0.6) is 0 Å². The maximum atomic E-state index is 13.8. The van der Waals surface area contributed by atoms with E-state index in [0.29, 0.717) is 22.7 Å². The first-order valence-electron chi connectivity index (χ1n) is 11.9. The highest BCUT2D eigenvalue weighted by Gasteiger charge is 2.34. The second-order valence-corrected chi connectivity index (χ2v) is 11.8. The van der Waals surface area contributed by atoms with E-state index < -0.39 is 28.7 Å². The number of nitrogens with zero attached hydrogens (tertiary/aromatic N) is 3. The molecule has 0 heterocycles. The van der Waals surface area contributed by atoms with Crippen LogP contribution in [0.3, 0.4) is 0 Å². The Morgan fingerprint density at radius 3 is 2.17 bits per heavy atom. The molecule has 0 saturated carbocycles. The van der Waals surface area contributed by atoms with Gasteiger partial charge in [0.25, 0.3) is 0 Å². The summed E-state index contributed by atoms with van der Waals surface area (Å²) in [5.74, 6) is -0.773. The van der Waals surface area contributed by atoms with Crippen LogP contribution >= 0.6 is 11.6 Å². The second kappa shape index (κ2) is 12.6. The number of aryl methyl sites for hydroxylation is 2. The molecule has 36 heavy (non-hydrogen) atoms. The average Bonchev–Trinajstić information content (AvgIpc) is 2.79. The van der Waals surface area contributed by atoms with Gasteiger partial charge in [0.15, 0.2) is 0 Å². The van der Waals surface area contributed by atoms with Crippen molar-refractivity contribution in [3.05, 3.63) is 64.2 Å². The fourth-order valence-corrected chi connectivity index (χ4v) is 5.02. The Morgan fingerprint density at radius 1 is 1.03 bits per heavy atom. The van der Waals surface area contributed by atoms with Crippen molar-refractivity contribution in [1.82, 2.24) is 14.5 Å². The molecule has 0 aromatic heterocycles. The summed E-state index contributed by atoms with van der Waals surface area (Å²) in [5.41, 5.74) is 2.77. The lowest BCUT2D eigenvalue weighted by molar-refractivity contribution is -0.140. The lowest BCUT2D eigenvalue weighted by atomic mass is 10.1. The van der Waals surface area contributed by atoms with Crippen molar-refractivity contribution in [1.29, 1.82) is 0 Å². The van der Waals surface area contributed by atoms with Gasteiger partial charge in [-0.05, 0) is 69.0 Å². The molecule has 198 valence electrons. The minimum atomic E-state index is -4.01. The Kier molecular flexibility index (Phi) is 10.3. The Balaban J connectivity index is 2.55.